The molecule has 222 valence electrons. The van der Waals surface area contributed by atoms with Crippen molar-refractivity contribution in [3.05, 3.63) is 60.6 Å². The molecule has 2 fully saturated rings. The second-order valence-electron chi connectivity index (χ2n) is 12.8. The van der Waals surface area contributed by atoms with Gasteiger partial charge in [0.05, 0.1) is 29.1 Å². The lowest BCUT2D eigenvalue weighted by Gasteiger charge is -2.32. The summed E-state index contributed by atoms with van der Waals surface area (Å²) in [6.07, 6.45) is 3.93. The van der Waals surface area contributed by atoms with Crippen molar-refractivity contribution in [3.63, 3.8) is 0 Å². The first-order valence-corrected chi connectivity index (χ1v) is 15.1. The van der Waals surface area contributed by atoms with Gasteiger partial charge < -0.3 is 24.5 Å². The summed E-state index contributed by atoms with van der Waals surface area (Å²) in [6, 6.07) is 16.0. The van der Waals surface area contributed by atoms with Crippen LogP contribution in [0.15, 0.2) is 54.7 Å². The van der Waals surface area contributed by atoms with E-state index in [2.05, 4.69) is 91.5 Å². The van der Waals surface area contributed by atoms with Crippen LogP contribution in [0.1, 0.15) is 79.6 Å². The minimum absolute atomic E-state index is 0.000184. The van der Waals surface area contributed by atoms with E-state index in [1.807, 2.05) is 24.9 Å². The van der Waals surface area contributed by atoms with Gasteiger partial charge in [0.1, 0.15) is 11.9 Å². The Morgan fingerprint density at radius 1 is 1.00 bits per heavy atom. The quantitative estimate of drug-likeness (QED) is 0.361. The molecule has 2 saturated heterocycles. The lowest BCUT2D eigenvalue weighted by molar-refractivity contribution is -0.138. The van der Waals surface area contributed by atoms with Crippen molar-refractivity contribution in [2.75, 3.05) is 6.54 Å². The van der Waals surface area contributed by atoms with E-state index in [0.29, 0.717) is 13.0 Å². The third kappa shape index (κ3) is 5.90. The number of carbonyl (C=O) groups excluding carboxylic acids is 2. The van der Waals surface area contributed by atoms with Gasteiger partial charge in [-0.05, 0) is 68.6 Å². The van der Waals surface area contributed by atoms with E-state index in [-0.39, 0.29) is 42.1 Å². The van der Waals surface area contributed by atoms with Crippen LogP contribution in [0.4, 0.5) is 0 Å². The molecule has 2 aliphatic rings. The minimum atomic E-state index is -0.536. The summed E-state index contributed by atoms with van der Waals surface area (Å²) in [5.74, 6) is 0.630. The summed E-state index contributed by atoms with van der Waals surface area (Å²) >= 11 is 0. The lowest BCUT2D eigenvalue weighted by Crippen LogP contribution is -2.51. The average Bonchev–Trinajstić information content (AvgIpc) is 3.69. The van der Waals surface area contributed by atoms with Crippen LogP contribution in [-0.2, 0) is 18.9 Å². The first-order valence-electron chi connectivity index (χ1n) is 15.1. The Morgan fingerprint density at radius 2 is 1.57 bits per heavy atom. The number of rotatable bonds is 8. The standard InChI is InChI=1S/C33H43BN4O4/c1-8-28(39)37-29(21(2)3)31(40)38-19-9-10-27(38)30-35-20-26(36-30)24-13-11-22(12-14-24)23-15-17-25(18-16-23)34-41-32(4,5)33(6,7)42-34/h11-18,20-21,27,29H,8-10,19H2,1-7H3,(H,35,36)(H,37,39)/t27-,29-/m0/s1. The third-order valence-corrected chi connectivity index (χ3v) is 8.98. The van der Waals surface area contributed by atoms with E-state index in [1.54, 1.807) is 6.92 Å². The molecule has 0 unspecified atom stereocenters. The van der Waals surface area contributed by atoms with Crippen molar-refractivity contribution in [1.82, 2.24) is 20.2 Å². The lowest BCUT2D eigenvalue weighted by atomic mass is 9.78. The summed E-state index contributed by atoms with van der Waals surface area (Å²) in [6.45, 7) is 14.6. The molecular weight excluding hydrogens is 527 g/mol. The number of aromatic nitrogens is 2. The molecular formula is C33H43BN4O4. The third-order valence-electron chi connectivity index (χ3n) is 8.98. The fourth-order valence-electron chi connectivity index (χ4n) is 5.59. The Hall–Kier alpha value is -3.43. The van der Waals surface area contributed by atoms with Crippen LogP contribution in [0.25, 0.3) is 22.4 Å². The van der Waals surface area contributed by atoms with Crippen molar-refractivity contribution in [2.24, 2.45) is 5.92 Å². The molecule has 5 rings (SSSR count). The zero-order chi connectivity index (χ0) is 30.2. The summed E-state index contributed by atoms with van der Waals surface area (Å²) in [4.78, 5) is 35.6. The topological polar surface area (TPSA) is 96.6 Å². The molecule has 0 aliphatic carbocycles. The van der Waals surface area contributed by atoms with Crippen molar-refractivity contribution >= 4 is 24.4 Å². The van der Waals surface area contributed by atoms with E-state index in [1.165, 1.54) is 0 Å². The second kappa shape index (κ2) is 11.7. The largest absolute Gasteiger partial charge is 0.494 e. The van der Waals surface area contributed by atoms with Gasteiger partial charge in [-0.1, -0.05) is 69.3 Å². The SMILES string of the molecule is CCC(=O)N[C@H](C(=O)N1CCC[C@H]1c1ncc(-c2ccc(-c3ccc(B4OC(C)(C)C(C)(C)O4)cc3)cc2)[nH]1)C(C)C. The average molecular weight is 571 g/mol. The second-order valence-corrected chi connectivity index (χ2v) is 12.8. The molecule has 0 saturated carbocycles. The highest BCUT2D eigenvalue weighted by atomic mass is 16.7. The predicted molar refractivity (Wildman–Crippen MR) is 166 cm³/mol. The minimum Gasteiger partial charge on any atom is -0.399 e. The number of nitrogens with one attached hydrogen (secondary N) is 2. The summed E-state index contributed by atoms with van der Waals surface area (Å²) in [5.41, 5.74) is 4.43. The molecule has 2 N–H and O–H groups in total. The Balaban J connectivity index is 1.27. The fourth-order valence-corrected chi connectivity index (χ4v) is 5.59. The fraction of sp³-hybridized carbons (Fsp3) is 0.485. The number of nitrogens with zero attached hydrogens (tertiary/aromatic N) is 2. The van der Waals surface area contributed by atoms with E-state index >= 15 is 0 Å². The van der Waals surface area contributed by atoms with E-state index in [4.69, 9.17) is 9.31 Å². The van der Waals surface area contributed by atoms with Gasteiger partial charge in [0.25, 0.3) is 0 Å². The monoisotopic (exact) mass is 570 g/mol. The van der Waals surface area contributed by atoms with Crippen LogP contribution in [-0.4, -0.2) is 57.6 Å². The Morgan fingerprint density at radius 3 is 2.14 bits per heavy atom. The number of hydrogen-bond acceptors (Lipinski definition) is 5. The van der Waals surface area contributed by atoms with Crippen LogP contribution in [0.5, 0.6) is 0 Å². The van der Waals surface area contributed by atoms with Crippen molar-refractivity contribution in [2.45, 2.75) is 91.0 Å². The van der Waals surface area contributed by atoms with Gasteiger partial charge in [-0.15, -0.1) is 0 Å². The van der Waals surface area contributed by atoms with E-state index < -0.39 is 6.04 Å². The van der Waals surface area contributed by atoms with Gasteiger partial charge >= 0.3 is 7.12 Å². The smallest absolute Gasteiger partial charge is 0.399 e. The molecule has 2 amide bonds. The van der Waals surface area contributed by atoms with Crippen LogP contribution >= 0.6 is 0 Å². The van der Waals surface area contributed by atoms with Gasteiger partial charge in [-0.2, -0.15) is 0 Å². The molecule has 3 aromatic rings. The molecule has 42 heavy (non-hydrogen) atoms. The maximum atomic E-state index is 13.5. The predicted octanol–water partition coefficient (Wildman–Crippen LogP) is 5.26. The van der Waals surface area contributed by atoms with Crippen LogP contribution in [0.2, 0.25) is 0 Å². The van der Waals surface area contributed by atoms with Gasteiger partial charge in [0, 0.05) is 13.0 Å². The number of likely N-dealkylation sites (tertiary alicyclic amines) is 1. The zero-order valence-corrected chi connectivity index (χ0v) is 25.9. The van der Waals surface area contributed by atoms with Crippen molar-refractivity contribution < 1.29 is 18.9 Å². The molecule has 1 aromatic heterocycles. The van der Waals surface area contributed by atoms with Crippen molar-refractivity contribution in [3.8, 4) is 22.4 Å². The van der Waals surface area contributed by atoms with Crippen LogP contribution < -0.4 is 10.8 Å². The number of imidazole rings is 1. The van der Waals surface area contributed by atoms with Crippen LogP contribution in [0.3, 0.4) is 0 Å². The molecule has 0 bridgehead atoms. The van der Waals surface area contributed by atoms with Crippen LogP contribution in [0, 0.1) is 5.92 Å². The molecule has 2 aliphatic heterocycles. The normalized spacial score (nSPS) is 20.2. The highest BCUT2D eigenvalue weighted by molar-refractivity contribution is 6.62. The summed E-state index contributed by atoms with van der Waals surface area (Å²) in [5, 5.41) is 2.91. The molecule has 9 heteroatoms. The first-order chi connectivity index (χ1) is 19.9. The maximum Gasteiger partial charge on any atom is 0.494 e. The molecule has 2 aromatic carbocycles. The number of hydrogen-bond donors (Lipinski definition) is 2. The Labute approximate surface area is 249 Å². The zero-order valence-electron chi connectivity index (χ0n) is 25.9. The highest BCUT2D eigenvalue weighted by Crippen LogP contribution is 2.37. The van der Waals surface area contributed by atoms with E-state index in [0.717, 1.165) is 46.5 Å². The Bertz CT molecular complexity index is 1400. The van der Waals surface area contributed by atoms with Gasteiger partial charge in [0.2, 0.25) is 11.8 Å². The van der Waals surface area contributed by atoms with Gasteiger partial charge in [-0.25, -0.2) is 4.98 Å². The number of aromatic amines is 1. The molecule has 8 nitrogen and oxygen atoms in total. The summed E-state index contributed by atoms with van der Waals surface area (Å²) in [7, 11) is -0.376. The molecule has 3 heterocycles. The Kier molecular flexibility index (Phi) is 8.36. The number of benzene rings is 2. The van der Waals surface area contributed by atoms with Crippen molar-refractivity contribution in [1.29, 1.82) is 0 Å². The molecule has 0 spiro atoms. The number of H-pyrrole nitrogens is 1. The maximum absolute atomic E-state index is 13.5. The number of amides is 2. The molecule has 2 atom stereocenters. The van der Waals surface area contributed by atoms with Gasteiger partial charge in [0.15, 0.2) is 0 Å². The molecule has 0 radical (unpaired) electrons. The van der Waals surface area contributed by atoms with Gasteiger partial charge in [-0.3, -0.25) is 9.59 Å². The summed E-state index contributed by atoms with van der Waals surface area (Å²) < 4.78 is 12.4. The highest BCUT2D eigenvalue weighted by Gasteiger charge is 2.51. The van der Waals surface area contributed by atoms with E-state index in [9.17, 15) is 9.59 Å². The number of carbonyl (C=O) groups is 2. The first kappa shape index (κ1) is 30.0.